The molecule has 0 fully saturated rings. The van der Waals surface area contributed by atoms with E-state index in [1.165, 1.54) is 0 Å². The maximum Gasteiger partial charge on any atom is 0.306 e. The zero-order valence-electron chi connectivity index (χ0n) is 20.5. The largest absolute Gasteiger partial charge is 0.494 e. The fourth-order valence-electron chi connectivity index (χ4n) is 3.79. The first-order valence-electron chi connectivity index (χ1n) is 11.6. The van der Waals surface area contributed by atoms with E-state index in [1.54, 1.807) is 62.6 Å². The van der Waals surface area contributed by atoms with Crippen LogP contribution in [0.5, 0.6) is 5.75 Å². The summed E-state index contributed by atoms with van der Waals surface area (Å²) in [6.45, 7) is 5.70. The van der Waals surface area contributed by atoms with Gasteiger partial charge in [-0.1, -0.05) is 28.1 Å². The van der Waals surface area contributed by atoms with Gasteiger partial charge in [-0.2, -0.15) is 0 Å². The third-order valence-corrected chi connectivity index (χ3v) is 5.96. The fourth-order valence-corrected chi connectivity index (χ4v) is 4.05. The zero-order valence-corrected chi connectivity index (χ0v) is 22.1. The molecule has 1 heterocycles. The molecule has 0 bridgehead atoms. The number of amides is 1. The van der Waals surface area contributed by atoms with Gasteiger partial charge >= 0.3 is 5.97 Å². The van der Waals surface area contributed by atoms with Crippen LogP contribution in [0.25, 0.3) is 0 Å². The molecule has 0 spiro atoms. The fraction of sp³-hybridized carbons (Fsp3) is 0.423. The first-order valence-corrected chi connectivity index (χ1v) is 12.4. The van der Waals surface area contributed by atoms with Crippen molar-refractivity contribution in [1.29, 1.82) is 0 Å². The van der Waals surface area contributed by atoms with Gasteiger partial charge in [0.2, 0.25) is 5.90 Å². The topological polar surface area (TPSA) is 127 Å². The van der Waals surface area contributed by atoms with Crippen molar-refractivity contribution >= 4 is 33.7 Å². The minimum absolute atomic E-state index is 0.0402. The van der Waals surface area contributed by atoms with Crippen molar-refractivity contribution in [3.05, 3.63) is 64.1 Å². The first-order chi connectivity index (χ1) is 17.1. The molecule has 3 N–H and O–H groups in total. The van der Waals surface area contributed by atoms with Crippen LogP contribution in [0, 0.1) is 0 Å². The van der Waals surface area contributed by atoms with Gasteiger partial charge in [0.25, 0.3) is 5.91 Å². The number of hydrogen-bond acceptors (Lipinski definition) is 8. The molecule has 3 rings (SSSR count). The van der Waals surface area contributed by atoms with Crippen LogP contribution in [0.2, 0.25) is 0 Å². The number of benzene rings is 2. The number of carbonyl (C=O) groups excluding carboxylic acids is 2. The first kappa shape index (κ1) is 27.6. The van der Waals surface area contributed by atoms with Crippen LogP contribution in [0.1, 0.15) is 57.3 Å². The summed E-state index contributed by atoms with van der Waals surface area (Å²) in [6.07, 6.45) is -0.560. The molecule has 9 nitrogen and oxygen atoms in total. The number of aliphatic hydroxyl groups excluding tert-OH is 1. The van der Waals surface area contributed by atoms with Crippen LogP contribution in [-0.2, 0) is 19.1 Å². The molecule has 0 radical (unpaired) electrons. The maximum atomic E-state index is 13.1. The molecule has 2 aromatic rings. The normalized spacial score (nSPS) is 19.3. The van der Waals surface area contributed by atoms with E-state index in [0.717, 1.165) is 4.47 Å². The van der Waals surface area contributed by atoms with Crippen molar-refractivity contribution in [1.82, 2.24) is 5.48 Å². The molecule has 36 heavy (non-hydrogen) atoms. The average molecular weight is 563 g/mol. The molecule has 10 heteroatoms. The predicted molar refractivity (Wildman–Crippen MR) is 136 cm³/mol. The van der Waals surface area contributed by atoms with Crippen LogP contribution in [0.15, 0.2) is 58.0 Å². The van der Waals surface area contributed by atoms with Gasteiger partial charge in [-0.3, -0.25) is 14.8 Å². The van der Waals surface area contributed by atoms with Crippen LogP contribution in [-0.4, -0.2) is 52.4 Å². The molecular formula is C26H31BrN2O7. The molecule has 1 aliphatic heterocycles. The summed E-state index contributed by atoms with van der Waals surface area (Å²) in [5, 5.41) is 18.6. The summed E-state index contributed by atoms with van der Waals surface area (Å²) < 4.78 is 18.1. The Labute approximate surface area is 218 Å². The monoisotopic (exact) mass is 562 g/mol. The lowest BCUT2D eigenvalue weighted by molar-refractivity contribution is -0.155. The van der Waals surface area contributed by atoms with Crippen molar-refractivity contribution < 1.29 is 34.1 Å². The number of nitrogens with one attached hydrogen (secondary N) is 1. The number of hydrogen-bond donors (Lipinski definition) is 3. The lowest BCUT2D eigenvalue weighted by atomic mass is 9.83. The summed E-state index contributed by atoms with van der Waals surface area (Å²) in [6, 6.07) is 14.2. The van der Waals surface area contributed by atoms with Gasteiger partial charge in [0.05, 0.1) is 6.61 Å². The van der Waals surface area contributed by atoms with Crippen molar-refractivity contribution in [2.75, 3.05) is 13.2 Å². The summed E-state index contributed by atoms with van der Waals surface area (Å²) >= 11 is 3.40. The summed E-state index contributed by atoms with van der Waals surface area (Å²) in [7, 11) is 0. The van der Waals surface area contributed by atoms with E-state index in [9.17, 15) is 14.8 Å². The highest BCUT2D eigenvalue weighted by Gasteiger charge is 2.53. The molecule has 0 aromatic heterocycles. The Kier molecular flexibility index (Phi) is 9.10. The molecule has 0 saturated carbocycles. The molecular weight excluding hydrogens is 532 g/mol. The third kappa shape index (κ3) is 6.83. The molecule has 2 aromatic carbocycles. The van der Waals surface area contributed by atoms with E-state index < -0.39 is 29.1 Å². The van der Waals surface area contributed by atoms with Crippen LogP contribution >= 0.6 is 15.9 Å². The number of esters is 1. The molecule has 1 amide bonds. The average Bonchev–Trinajstić information content (AvgIpc) is 3.23. The smallest absolute Gasteiger partial charge is 0.306 e. The van der Waals surface area contributed by atoms with E-state index in [2.05, 4.69) is 20.9 Å². The number of hydroxylamine groups is 1. The van der Waals surface area contributed by atoms with Gasteiger partial charge in [0.1, 0.15) is 11.4 Å². The number of aliphatic imine (C=N–C) groups is 1. The standard InChI is InChI=1S/C26H31BrN2O7/c1-25(2,3)36-21(31)13-14-26(24(32)29-33)22(17-5-9-19(27)10-6-17)35-23(28-26)18-7-11-20(12-8-18)34-16-4-15-30/h5-12,22,30,33H,4,13-16H2,1-3H3,(H,29,32)/t22-,26-/m0/s1. The second-order valence-electron chi connectivity index (χ2n) is 9.37. The Balaban J connectivity index is 1.96. The number of rotatable bonds is 10. The van der Waals surface area contributed by atoms with Gasteiger partial charge in [-0.25, -0.2) is 10.5 Å². The molecule has 1 aliphatic rings. The third-order valence-electron chi connectivity index (χ3n) is 5.43. The summed E-state index contributed by atoms with van der Waals surface area (Å²) in [5.41, 5.74) is 0.650. The predicted octanol–water partition coefficient (Wildman–Crippen LogP) is 4.09. The van der Waals surface area contributed by atoms with Crippen LogP contribution in [0.3, 0.4) is 0 Å². The van der Waals surface area contributed by atoms with E-state index in [0.29, 0.717) is 29.9 Å². The van der Waals surface area contributed by atoms with Gasteiger partial charge in [-0.05, 0) is 69.2 Å². The molecule has 2 atom stereocenters. The lowest BCUT2D eigenvalue weighted by Gasteiger charge is -2.30. The second-order valence-corrected chi connectivity index (χ2v) is 10.3. The van der Waals surface area contributed by atoms with Crippen molar-refractivity contribution in [3.8, 4) is 5.75 Å². The van der Waals surface area contributed by atoms with E-state index >= 15 is 0 Å². The summed E-state index contributed by atoms with van der Waals surface area (Å²) in [4.78, 5) is 30.3. The molecule has 0 saturated heterocycles. The van der Waals surface area contributed by atoms with Gasteiger partial charge < -0.3 is 19.3 Å². The second kappa shape index (κ2) is 11.9. The number of carbonyl (C=O) groups is 2. The summed E-state index contributed by atoms with van der Waals surface area (Å²) in [5.74, 6) is -0.481. The zero-order chi connectivity index (χ0) is 26.3. The highest BCUT2D eigenvalue weighted by atomic mass is 79.9. The van der Waals surface area contributed by atoms with E-state index in [-0.39, 0.29) is 25.3 Å². The highest BCUT2D eigenvalue weighted by molar-refractivity contribution is 9.10. The Hall–Kier alpha value is -2.95. The number of aliphatic hydroxyl groups is 1. The maximum absolute atomic E-state index is 13.1. The number of halogens is 1. The minimum Gasteiger partial charge on any atom is -0.494 e. The van der Waals surface area contributed by atoms with Gasteiger partial charge in [0.15, 0.2) is 11.6 Å². The Bertz CT molecular complexity index is 1080. The molecule has 194 valence electrons. The lowest BCUT2D eigenvalue weighted by Crippen LogP contribution is -2.47. The Morgan fingerprint density at radius 2 is 1.81 bits per heavy atom. The van der Waals surface area contributed by atoms with Gasteiger partial charge in [-0.15, -0.1) is 0 Å². The Morgan fingerprint density at radius 1 is 1.14 bits per heavy atom. The number of ether oxygens (including phenoxy) is 3. The quantitative estimate of drug-likeness (QED) is 0.172. The Morgan fingerprint density at radius 3 is 2.39 bits per heavy atom. The SMILES string of the molecule is CC(C)(C)OC(=O)CC[C@]1(C(=O)NO)N=C(c2ccc(OCCCO)cc2)O[C@H]1c1ccc(Br)cc1. The minimum atomic E-state index is -1.62. The van der Waals surface area contributed by atoms with Crippen molar-refractivity contribution in [2.24, 2.45) is 4.99 Å². The van der Waals surface area contributed by atoms with Crippen molar-refractivity contribution in [2.45, 2.75) is 57.3 Å². The highest BCUT2D eigenvalue weighted by Crippen LogP contribution is 2.43. The molecule has 0 aliphatic carbocycles. The van der Waals surface area contributed by atoms with Crippen LogP contribution in [0.4, 0.5) is 0 Å². The number of nitrogens with zero attached hydrogens (tertiary/aromatic N) is 1. The van der Waals surface area contributed by atoms with E-state index in [1.807, 2.05) is 12.1 Å². The van der Waals surface area contributed by atoms with Crippen molar-refractivity contribution in [3.63, 3.8) is 0 Å². The molecule has 0 unspecified atom stereocenters. The van der Waals surface area contributed by atoms with Gasteiger partial charge in [0, 0.05) is 29.5 Å². The van der Waals surface area contributed by atoms with Crippen LogP contribution < -0.4 is 10.2 Å². The van der Waals surface area contributed by atoms with E-state index in [4.69, 9.17) is 19.3 Å².